The van der Waals surface area contributed by atoms with Crippen LogP contribution in [0.1, 0.15) is 26.7 Å². The van der Waals surface area contributed by atoms with Gasteiger partial charge in [0.15, 0.2) is 5.03 Å². The smallest absolute Gasteiger partial charge is 0.257 e. The van der Waals surface area contributed by atoms with Gasteiger partial charge in [-0.1, -0.05) is 13.8 Å². The lowest BCUT2D eigenvalue weighted by Gasteiger charge is -2.04. The summed E-state index contributed by atoms with van der Waals surface area (Å²) in [6, 6.07) is 0. The zero-order valence-electron chi connectivity index (χ0n) is 9.05. The normalized spacial score (nSPS) is 12.3. The number of imidazole rings is 1. The van der Waals surface area contributed by atoms with Gasteiger partial charge in [0.25, 0.3) is 10.0 Å². The Hall–Kier alpha value is -0.880. The molecule has 0 unspecified atom stereocenters. The number of rotatable bonds is 5. The molecule has 0 saturated carbocycles. The summed E-state index contributed by atoms with van der Waals surface area (Å²) in [7, 11) is -3.66. The summed E-state index contributed by atoms with van der Waals surface area (Å²) in [5.74, 6) is 0.659. The van der Waals surface area contributed by atoms with E-state index in [1.807, 2.05) is 0 Å². The molecule has 5 nitrogen and oxygen atoms in total. The third-order valence-corrected chi connectivity index (χ3v) is 2.89. The summed E-state index contributed by atoms with van der Waals surface area (Å²) in [6.45, 7) is 5.09. The SMILES string of the molecule is CC(C)CCCn1cnc(S(N)(=O)=O)c1. The van der Waals surface area contributed by atoms with Gasteiger partial charge in [0.05, 0.1) is 6.33 Å². The molecular formula is C9H17N3O2S. The van der Waals surface area contributed by atoms with Crippen molar-refractivity contribution in [2.75, 3.05) is 0 Å². The highest BCUT2D eigenvalue weighted by Gasteiger charge is 2.10. The summed E-state index contributed by atoms with van der Waals surface area (Å²) < 4.78 is 23.6. The maximum atomic E-state index is 10.9. The third-order valence-electron chi connectivity index (χ3n) is 2.10. The van der Waals surface area contributed by atoms with E-state index in [0.29, 0.717) is 5.92 Å². The Morgan fingerprint density at radius 3 is 2.67 bits per heavy atom. The minimum atomic E-state index is -3.66. The van der Waals surface area contributed by atoms with Gasteiger partial charge >= 0.3 is 0 Å². The molecule has 1 rings (SSSR count). The van der Waals surface area contributed by atoms with Crippen LogP contribution in [0.4, 0.5) is 0 Å². The van der Waals surface area contributed by atoms with Crippen molar-refractivity contribution >= 4 is 10.0 Å². The maximum absolute atomic E-state index is 10.9. The van der Waals surface area contributed by atoms with Crippen LogP contribution in [0.2, 0.25) is 0 Å². The second-order valence-electron chi connectivity index (χ2n) is 4.03. The Labute approximate surface area is 90.4 Å². The average molecular weight is 231 g/mol. The maximum Gasteiger partial charge on any atom is 0.257 e. The standard InChI is InChI=1S/C9H17N3O2S/c1-8(2)4-3-5-12-6-9(11-7-12)15(10,13)14/h6-8H,3-5H2,1-2H3,(H2,10,13,14). The van der Waals surface area contributed by atoms with Crippen molar-refractivity contribution in [2.24, 2.45) is 11.1 Å². The first-order chi connectivity index (χ1) is 6.89. The molecule has 0 aliphatic rings. The molecule has 0 aliphatic carbocycles. The first-order valence-corrected chi connectivity index (χ1v) is 6.49. The number of hydrogen-bond acceptors (Lipinski definition) is 3. The molecule has 0 radical (unpaired) electrons. The fourth-order valence-corrected chi connectivity index (χ4v) is 1.77. The van der Waals surface area contributed by atoms with Crippen molar-refractivity contribution in [3.8, 4) is 0 Å². The third kappa shape index (κ3) is 4.01. The van der Waals surface area contributed by atoms with Crippen LogP contribution in [-0.2, 0) is 16.6 Å². The highest BCUT2D eigenvalue weighted by atomic mass is 32.2. The van der Waals surface area contributed by atoms with Crippen LogP contribution >= 0.6 is 0 Å². The van der Waals surface area contributed by atoms with Crippen molar-refractivity contribution in [1.82, 2.24) is 9.55 Å². The number of aryl methyl sites for hydroxylation is 1. The minimum absolute atomic E-state index is 0.0629. The molecule has 0 aromatic carbocycles. The second kappa shape index (κ2) is 4.76. The fourth-order valence-electron chi connectivity index (χ4n) is 1.29. The lowest BCUT2D eigenvalue weighted by atomic mass is 10.1. The van der Waals surface area contributed by atoms with Crippen LogP contribution < -0.4 is 5.14 Å². The second-order valence-corrected chi connectivity index (χ2v) is 5.54. The Morgan fingerprint density at radius 2 is 2.20 bits per heavy atom. The quantitative estimate of drug-likeness (QED) is 0.820. The molecule has 0 spiro atoms. The van der Waals surface area contributed by atoms with Crippen LogP contribution in [-0.4, -0.2) is 18.0 Å². The Balaban J connectivity index is 2.54. The summed E-state index contributed by atoms with van der Waals surface area (Å²) >= 11 is 0. The lowest BCUT2D eigenvalue weighted by Crippen LogP contribution is -2.12. The molecule has 0 bridgehead atoms. The first-order valence-electron chi connectivity index (χ1n) is 4.94. The molecule has 2 N–H and O–H groups in total. The number of primary sulfonamides is 1. The van der Waals surface area contributed by atoms with Crippen LogP contribution in [0.3, 0.4) is 0 Å². The molecule has 1 heterocycles. The molecule has 0 fully saturated rings. The Morgan fingerprint density at radius 1 is 1.53 bits per heavy atom. The monoisotopic (exact) mass is 231 g/mol. The van der Waals surface area contributed by atoms with E-state index in [0.717, 1.165) is 19.4 Å². The lowest BCUT2D eigenvalue weighted by molar-refractivity contribution is 0.511. The van der Waals surface area contributed by atoms with Gasteiger partial charge < -0.3 is 4.57 Å². The largest absolute Gasteiger partial charge is 0.336 e. The average Bonchev–Trinajstić information content (AvgIpc) is 2.51. The van der Waals surface area contributed by atoms with E-state index in [2.05, 4.69) is 18.8 Å². The molecule has 6 heteroatoms. The molecular weight excluding hydrogens is 214 g/mol. The van der Waals surface area contributed by atoms with Crippen molar-refractivity contribution in [3.63, 3.8) is 0 Å². The molecule has 86 valence electrons. The number of nitrogens with zero attached hydrogens (tertiary/aromatic N) is 2. The van der Waals surface area contributed by atoms with Gasteiger partial charge in [-0.2, -0.15) is 0 Å². The van der Waals surface area contributed by atoms with Gasteiger partial charge in [-0.05, 0) is 18.8 Å². The van der Waals surface area contributed by atoms with E-state index in [1.54, 1.807) is 4.57 Å². The molecule has 1 aromatic rings. The van der Waals surface area contributed by atoms with Crippen LogP contribution in [0.15, 0.2) is 17.6 Å². The van der Waals surface area contributed by atoms with Gasteiger partial charge in [0.2, 0.25) is 0 Å². The summed E-state index contributed by atoms with van der Waals surface area (Å²) in [5.41, 5.74) is 0. The molecule has 0 amide bonds. The molecule has 0 atom stereocenters. The predicted octanol–water partition coefficient (Wildman–Crippen LogP) is 0.967. The zero-order valence-corrected chi connectivity index (χ0v) is 9.87. The number of hydrogen-bond donors (Lipinski definition) is 1. The highest BCUT2D eigenvalue weighted by Crippen LogP contribution is 2.07. The Bertz CT molecular complexity index is 409. The van der Waals surface area contributed by atoms with Gasteiger partial charge in [0.1, 0.15) is 0 Å². The number of sulfonamides is 1. The van der Waals surface area contributed by atoms with Gasteiger partial charge in [0, 0.05) is 12.7 Å². The van der Waals surface area contributed by atoms with E-state index in [4.69, 9.17) is 5.14 Å². The van der Waals surface area contributed by atoms with E-state index in [1.165, 1.54) is 12.5 Å². The molecule has 1 aromatic heterocycles. The molecule has 0 saturated heterocycles. The van der Waals surface area contributed by atoms with E-state index < -0.39 is 10.0 Å². The first kappa shape index (κ1) is 12.2. The topological polar surface area (TPSA) is 78.0 Å². The number of nitrogens with two attached hydrogens (primary N) is 1. The van der Waals surface area contributed by atoms with Crippen LogP contribution in [0.25, 0.3) is 0 Å². The summed E-state index contributed by atoms with van der Waals surface area (Å²) in [5, 5.41) is 4.88. The van der Waals surface area contributed by atoms with Crippen LogP contribution in [0, 0.1) is 5.92 Å². The van der Waals surface area contributed by atoms with Crippen LogP contribution in [0.5, 0.6) is 0 Å². The zero-order chi connectivity index (χ0) is 11.5. The fraction of sp³-hybridized carbons (Fsp3) is 0.667. The highest BCUT2D eigenvalue weighted by molar-refractivity contribution is 7.89. The number of aromatic nitrogens is 2. The molecule has 15 heavy (non-hydrogen) atoms. The molecule has 0 aliphatic heterocycles. The Kier molecular flexibility index (Phi) is 3.87. The van der Waals surface area contributed by atoms with Crippen molar-refractivity contribution in [1.29, 1.82) is 0 Å². The van der Waals surface area contributed by atoms with Crippen molar-refractivity contribution in [3.05, 3.63) is 12.5 Å². The summed E-state index contributed by atoms with van der Waals surface area (Å²) in [4.78, 5) is 3.74. The van der Waals surface area contributed by atoms with E-state index >= 15 is 0 Å². The minimum Gasteiger partial charge on any atom is -0.336 e. The van der Waals surface area contributed by atoms with E-state index in [9.17, 15) is 8.42 Å². The van der Waals surface area contributed by atoms with Gasteiger partial charge in [-0.3, -0.25) is 0 Å². The summed E-state index contributed by atoms with van der Waals surface area (Å²) in [6.07, 6.45) is 5.09. The van der Waals surface area contributed by atoms with Crippen molar-refractivity contribution < 1.29 is 8.42 Å². The predicted molar refractivity (Wildman–Crippen MR) is 57.7 cm³/mol. The van der Waals surface area contributed by atoms with Gasteiger partial charge in [-0.25, -0.2) is 18.5 Å². The van der Waals surface area contributed by atoms with Crippen molar-refractivity contribution in [2.45, 2.75) is 38.3 Å². The van der Waals surface area contributed by atoms with Gasteiger partial charge in [-0.15, -0.1) is 0 Å². The van der Waals surface area contributed by atoms with E-state index in [-0.39, 0.29) is 5.03 Å².